The van der Waals surface area contributed by atoms with Crippen LogP contribution in [0.3, 0.4) is 0 Å². The van der Waals surface area contributed by atoms with Gasteiger partial charge in [-0.3, -0.25) is 15.0 Å². The summed E-state index contributed by atoms with van der Waals surface area (Å²) in [4.78, 5) is 13.1. The Hall–Kier alpha value is -1.66. The molecule has 2 atom stereocenters. The van der Waals surface area contributed by atoms with Crippen molar-refractivity contribution < 1.29 is 9.66 Å². The molecule has 2 aliphatic rings. The fourth-order valence-electron chi connectivity index (χ4n) is 3.50. The van der Waals surface area contributed by atoms with Gasteiger partial charge in [0, 0.05) is 31.7 Å². The lowest BCUT2D eigenvalue weighted by Crippen LogP contribution is -2.40. The molecule has 2 saturated heterocycles. The van der Waals surface area contributed by atoms with E-state index in [-0.39, 0.29) is 10.6 Å². The van der Waals surface area contributed by atoms with Gasteiger partial charge in [-0.2, -0.15) is 0 Å². The molecule has 0 aliphatic carbocycles. The number of piperidine rings is 1. The third-order valence-electron chi connectivity index (χ3n) is 4.52. The Morgan fingerprint density at radius 1 is 1.48 bits per heavy atom. The summed E-state index contributed by atoms with van der Waals surface area (Å²) in [6.07, 6.45) is 2.54. The lowest BCUT2D eigenvalue weighted by molar-refractivity contribution is -0.385. The summed E-state index contributed by atoms with van der Waals surface area (Å²) >= 11 is 0. The maximum Gasteiger partial charge on any atom is 0.311 e. The van der Waals surface area contributed by atoms with Gasteiger partial charge in [0.2, 0.25) is 0 Å². The van der Waals surface area contributed by atoms with E-state index in [4.69, 9.17) is 4.74 Å². The van der Waals surface area contributed by atoms with Crippen LogP contribution < -0.4 is 10.1 Å². The summed E-state index contributed by atoms with van der Waals surface area (Å²) in [6, 6.07) is 5.83. The second kappa shape index (κ2) is 5.99. The van der Waals surface area contributed by atoms with Crippen LogP contribution in [0.1, 0.15) is 18.4 Å². The fourth-order valence-corrected chi connectivity index (χ4v) is 3.50. The van der Waals surface area contributed by atoms with E-state index >= 15 is 0 Å². The quantitative estimate of drug-likeness (QED) is 0.676. The molecule has 0 amide bonds. The van der Waals surface area contributed by atoms with E-state index in [0.29, 0.717) is 11.8 Å². The predicted octanol–water partition coefficient (Wildman–Crippen LogP) is 1.79. The van der Waals surface area contributed by atoms with Crippen LogP contribution in [0.25, 0.3) is 0 Å². The number of hydrogen-bond acceptors (Lipinski definition) is 5. The molecule has 2 aliphatic heterocycles. The van der Waals surface area contributed by atoms with Crippen molar-refractivity contribution in [3.8, 4) is 5.75 Å². The predicted molar refractivity (Wildman–Crippen MR) is 79.4 cm³/mol. The molecule has 3 rings (SSSR count). The molecule has 2 fully saturated rings. The maximum absolute atomic E-state index is 11.1. The number of methoxy groups -OCH3 is 1. The molecule has 21 heavy (non-hydrogen) atoms. The van der Waals surface area contributed by atoms with Gasteiger partial charge in [-0.25, -0.2) is 0 Å². The molecule has 0 aromatic heterocycles. The summed E-state index contributed by atoms with van der Waals surface area (Å²) in [5.74, 6) is 1.05. The molecule has 2 heterocycles. The number of rotatable bonds is 4. The zero-order valence-electron chi connectivity index (χ0n) is 12.2. The molecular weight excluding hydrogens is 270 g/mol. The molecule has 0 bridgehead atoms. The molecule has 1 N–H and O–H groups in total. The first-order valence-corrected chi connectivity index (χ1v) is 7.44. The molecule has 0 radical (unpaired) electrons. The van der Waals surface area contributed by atoms with E-state index in [1.165, 1.54) is 20.0 Å². The Kier molecular flexibility index (Phi) is 4.07. The summed E-state index contributed by atoms with van der Waals surface area (Å²) in [5.41, 5.74) is 1.02. The first-order valence-electron chi connectivity index (χ1n) is 7.44. The van der Waals surface area contributed by atoms with E-state index in [1.54, 1.807) is 12.1 Å². The van der Waals surface area contributed by atoms with Crippen molar-refractivity contribution in [2.75, 3.05) is 26.7 Å². The van der Waals surface area contributed by atoms with Crippen molar-refractivity contribution in [2.24, 2.45) is 5.92 Å². The molecule has 2 unspecified atom stereocenters. The zero-order valence-corrected chi connectivity index (χ0v) is 12.2. The standard InChI is InChI=1S/C15H21N3O3/c1-21-15-5-4-11(7-14(15)18(19)20)8-17-9-12-3-2-6-16-13(12)10-17/h4-5,7,12-13,16H,2-3,6,8-10H2,1H3. The fraction of sp³-hybridized carbons (Fsp3) is 0.600. The second-order valence-corrected chi connectivity index (χ2v) is 5.92. The number of nitro benzene ring substituents is 1. The average Bonchev–Trinajstić information content (AvgIpc) is 2.89. The second-order valence-electron chi connectivity index (χ2n) is 5.92. The number of likely N-dealkylation sites (tertiary alicyclic amines) is 1. The molecule has 114 valence electrons. The lowest BCUT2D eigenvalue weighted by Gasteiger charge is -2.24. The maximum atomic E-state index is 11.1. The number of fused-ring (bicyclic) bond motifs is 1. The highest BCUT2D eigenvalue weighted by atomic mass is 16.6. The van der Waals surface area contributed by atoms with Crippen LogP contribution in [-0.2, 0) is 6.54 Å². The highest BCUT2D eigenvalue weighted by molar-refractivity contribution is 5.48. The zero-order chi connectivity index (χ0) is 14.8. The van der Waals surface area contributed by atoms with Crippen molar-refractivity contribution in [3.05, 3.63) is 33.9 Å². The van der Waals surface area contributed by atoms with Crippen molar-refractivity contribution in [2.45, 2.75) is 25.4 Å². The monoisotopic (exact) mass is 291 g/mol. The SMILES string of the molecule is COc1ccc(CN2CC3CCCNC3C2)cc1[N+](=O)[O-]. The van der Waals surface area contributed by atoms with Gasteiger partial charge in [0.15, 0.2) is 5.75 Å². The van der Waals surface area contributed by atoms with E-state index < -0.39 is 0 Å². The normalized spacial score (nSPS) is 25.6. The summed E-state index contributed by atoms with van der Waals surface area (Å²) in [5, 5.41) is 14.7. The topological polar surface area (TPSA) is 67.6 Å². The Morgan fingerprint density at radius 2 is 2.33 bits per heavy atom. The number of benzene rings is 1. The Morgan fingerprint density at radius 3 is 3.05 bits per heavy atom. The van der Waals surface area contributed by atoms with Crippen molar-refractivity contribution in [3.63, 3.8) is 0 Å². The lowest BCUT2D eigenvalue weighted by atomic mass is 9.94. The van der Waals surface area contributed by atoms with Gasteiger partial charge in [-0.15, -0.1) is 0 Å². The van der Waals surface area contributed by atoms with E-state index in [0.717, 1.165) is 37.7 Å². The van der Waals surface area contributed by atoms with Crippen molar-refractivity contribution in [1.82, 2.24) is 10.2 Å². The molecule has 6 nitrogen and oxygen atoms in total. The van der Waals surface area contributed by atoms with E-state index in [1.807, 2.05) is 6.07 Å². The molecular formula is C15H21N3O3. The highest BCUT2D eigenvalue weighted by Crippen LogP contribution is 2.30. The number of hydrogen-bond donors (Lipinski definition) is 1. The van der Waals surface area contributed by atoms with Gasteiger partial charge < -0.3 is 10.1 Å². The van der Waals surface area contributed by atoms with Crippen LogP contribution in [0.15, 0.2) is 18.2 Å². The minimum absolute atomic E-state index is 0.0461. The van der Waals surface area contributed by atoms with Gasteiger partial charge in [-0.05, 0) is 36.9 Å². The molecule has 0 saturated carbocycles. The summed E-state index contributed by atoms with van der Waals surface area (Å²) in [7, 11) is 1.46. The van der Waals surface area contributed by atoms with Crippen LogP contribution in [0.4, 0.5) is 5.69 Å². The van der Waals surface area contributed by atoms with Gasteiger partial charge in [0.1, 0.15) is 0 Å². The third kappa shape index (κ3) is 3.01. The van der Waals surface area contributed by atoms with Crippen molar-refractivity contribution >= 4 is 5.69 Å². The summed E-state index contributed by atoms with van der Waals surface area (Å²) < 4.78 is 5.04. The number of nitro groups is 1. The van der Waals surface area contributed by atoms with Gasteiger partial charge in [0.05, 0.1) is 12.0 Å². The van der Waals surface area contributed by atoms with Crippen molar-refractivity contribution in [1.29, 1.82) is 0 Å². The molecule has 1 aromatic rings. The smallest absolute Gasteiger partial charge is 0.311 e. The Bertz CT molecular complexity index is 521. The average molecular weight is 291 g/mol. The minimum atomic E-state index is -0.381. The van der Waals surface area contributed by atoms with Gasteiger partial charge in [-0.1, -0.05) is 6.07 Å². The number of ether oxygens (including phenoxy) is 1. The largest absolute Gasteiger partial charge is 0.490 e. The first-order chi connectivity index (χ1) is 10.2. The third-order valence-corrected chi connectivity index (χ3v) is 4.52. The minimum Gasteiger partial charge on any atom is -0.490 e. The van der Waals surface area contributed by atoms with E-state index in [9.17, 15) is 10.1 Å². The van der Waals surface area contributed by atoms with Gasteiger partial charge >= 0.3 is 5.69 Å². The molecule has 1 aromatic carbocycles. The Balaban J connectivity index is 1.70. The van der Waals surface area contributed by atoms with Crippen LogP contribution in [0.2, 0.25) is 0 Å². The number of nitrogens with zero attached hydrogens (tertiary/aromatic N) is 2. The summed E-state index contributed by atoms with van der Waals surface area (Å²) in [6.45, 7) is 3.99. The number of nitrogens with one attached hydrogen (secondary N) is 1. The van der Waals surface area contributed by atoms with E-state index in [2.05, 4.69) is 10.2 Å². The molecule has 6 heteroatoms. The van der Waals surface area contributed by atoms with Crippen LogP contribution in [0, 0.1) is 16.0 Å². The highest BCUT2D eigenvalue weighted by Gasteiger charge is 2.34. The van der Waals surface area contributed by atoms with Crippen LogP contribution in [-0.4, -0.2) is 42.6 Å². The van der Waals surface area contributed by atoms with Crippen LogP contribution >= 0.6 is 0 Å². The first kappa shape index (κ1) is 14.3. The van der Waals surface area contributed by atoms with Gasteiger partial charge in [0.25, 0.3) is 0 Å². The molecule has 0 spiro atoms. The van der Waals surface area contributed by atoms with Crippen LogP contribution in [0.5, 0.6) is 5.75 Å². The Labute approximate surface area is 124 Å².